The molecule has 0 bridgehead atoms. The Labute approximate surface area is 104 Å². The summed E-state index contributed by atoms with van der Waals surface area (Å²) >= 11 is 0. The number of hydrogen-bond donors (Lipinski definition) is 1. The lowest BCUT2D eigenvalue weighted by molar-refractivity contribution is 0.0991. The quantitative estimate of drug-likeness (QED) is 0.825. The summed E-state index contributed by atoms with van der Waals surface area (Å²) in [4.78, 5) is 0. The minimum absolute atomic E-state index is 0.193. The van der Waals surface area contributed by atoms with Crippen molar-refractivity contribution in [2.24, 2.45) is 0 Å². The van der Waals surface area contributed by atoms with Crippen LogP contribution < -0.4 is 5.32 Å². The molecule has 1 aromatic heterocycles. The van der Waals surface area contributed by atoms with E-state index in [4.69, 9.17) is 4.74 Å². The monoisotopic (exact) mass is 239 g/mol. The van der Waals surface area contributed by atoms with E-state index in [0.717, 1.165) is 18.8 Å². The lowest BCUT2D eigenvalue weighted by Crippen LogP contribution is -2.22. The molecule has 1 N–H and O–H groups in total. The van der Waals surface area contributed by atoms with E-state index >= 15 is 0 Å². The van der Waals surface area contributed by atoms with Gasteiger partial charge in [-0.1, -0.05) is 13.8 Å². The average molecular weight is 239 g/mol. The Morgan fingerprint density at radius 1 is 1.29 bits per heavy atom. The molecule has 0 saturated heterocycles. The summed E-state index contributed by atoms with van der Waals surface area (Å²) in [6.07, 6.45) is 0.193. The molecule has 0 aromatic carbocycles. The Morgan fingerprint density at radius 3 is 2.47 bits per heavy atom. The smallest absolute Gasteiger partial charge is 0.0739 e. The van der Waals surface area contributed by atoms with E-state index in [1.54, 1.807) is 7.11 Å². The highest BCUT2D eigenvalue weighted by Gasteiger charge is 2.13. The molecule has 0 aliphatic heterocycles. The van der Waals surface area contributed by atoms with Crippen LogP contribution in [-0.2, 0) is 17.8 Å². The Bertz CT molecular complexity index is 358. The molecular formula is C13H25N3O. The standard InChI is InChI=1S/C13H25N3O/c1-9(2)14-7-13-11(4)15-16(12(13)5)8-10(3)17-6/h9-10,14H,7-8H2,1-6H3. The molecular weight excluding hydrogens is 214 g/mol. The summed E-state index contributed by atoms with van der Waals surface area (Å²) < 4.78 is 7.32. The molecule has 1 heterocycles. The fraction of sp³-hybridized carbons (Fsp3) is 0.769. The summed E-state index contributed by atoms with van der Waals surface area (Å²) in [5.41, 5.74) is 3.65. The van der Waals surface area contributed by atoms with Gasteiger partial charge in [-0.15, -0.1) is 0 Å². The van der Waals surface area contributed by atoms with Gasteiger partial charge in [0.1, 0.15) is 0 Å². The van der Waals surface area contributed by atoms with Crippen LogP contribution in [-0.4, -0.2) is 29.0 Å². The number of ether oxygens (including phenoxy) is 1. The number of methoxy groups -OCH3 is 1. The van der Waals surface area contributed by atoms with Crippen LogP contribution in [0.15, 0.2) is 0 Å². The number of nitrogens with zero attached hydrogens (tertiary/aromatic N) is 2. The number of aryl methyl sites for hydroxylation is 1. The van der Waals surface area contributed by atoms with Crippen molar-refractivity contribution in [3.05, 3.63) is 17.0 Å². The van der Waals surface area contributed by atoms with Crippen molar-refractivity contribution in [2.45, 2.75) is 59.9 Å². The molecule has 0 aliphatic carbocycles. The summed E-state index contributed by atoms with van der Waals surface area (Å²) in [6.45, 7) is 12.3. The number of aromatic nitrogens is 2. The third-order valence-electron chi connectivity index (χ3n) is 3.05. The van der Waals surface area contributed by atoms with Gasteiger partial charge in [-0.05, 0) is 20.8 Å². The highest BCUT2D eigenvalue weighted by atomic mass is 16.5. The molecule has 4 nitrogen and oxygen atoms in total. The van der Waals surface area contributed by atoms with Crippen molar-refractivity contribution in [3.8, 4) is 0 Å². The average Bonchev–Trinajstić information content (AvgIpc) is 2.51. The van der Waals surface area contributed by atoms with E-state index in [-0.39, 0.29) is 6.10 Å². The van der Waals surface area contributed by atoms with E-state index in [9.17, 15) is 0 Å². The summed E-state index contributed by atoms with van der Waals surface area (Å²) in [5, 5.41) is 8.01. The van der Waals surface area contributed by atoms with Gasteiger partial charge in [-0.3, -0.25) is 4.68 Å². The maximum absolute atomic E-state index is 5.28. The van der Waals surface area contributed by atoms with Gasteiger partial charge in [-0.25, -0.2) is 0 Å². The predicted molar refractivity (Wildman–Crippen MR) is 70.1 cm³/mol. The van der Waals surface area contributed by atoms with Gasteiger partial charge >= 0.3 is 0 Å². The SMILES string of the molecule is COC(C)Cn1nc(C)c(CNC(C)C)c1C. The second-order valence-corrected chi connectivity index (χ2v) is 4.91. The maximum Gasteiger partial charge on any atom is 0.0739 e. The van der Waals surface area contributed by atoms with Gasteiger partial charge in [0.25, 0.3) is 0 Å². The maximum atomic E-state index is 5.28. The Balaban J connectivity index is 2.78. The topological polar surface area (TPSA) is 39.1 Å². The van der Waals surface area contributed by atoms with Crippen LogP contribution >= 0.6 is 0 Å². The zero-order valence-electron chi connectivity index (χ0n) is 11.9. The lowest BCUT2D eigenvalue weighted by atomic mass is 10.2. The summed E-state index contributed by atoms with van der Waals surface area (Å²) in [7, 11) is 1.73. The molecule has 0 fully saturated rings. The zero-order valence-corrected chi connectivity index (χ0v) is 11.9. The fourth-order valence-electron chi connectivity index (χ4n) is 1.79. The third kappa shape index (κ3) is 3.82. The van der Waals surface area contributed by atoms with Crippen LogP contribution in [0.25, 0.3) is 0 Å². The normalized spacial score (nSPS) is 13.4. The first-order chi connectivity index (χ1) is 7.95. The first-order valence-corrected chi connectivity index (χ1v) is 6.24. The summed E-state index contributed by atoms with van der Waals surface area (Å²) in [5.74, 6) is 0. The first-order valence-electron chi connectivity index (χ1n) is 6.24. The molecule has 1 unspecified atom stereocenters. The molecule has 1 rings (SSSR count). The number of nitrogens with one attached hydrogen (secondary N) is 1. The van der Waals surface area contributed by atoms with Crippen molar-refractivity contribution in [2.75, 3.05) is 7.11 Å². The zero-order chi connectivity index (χ0) is 13.0. The Morgan fingerprint density at radius 2 is 1.94 bits per heavy atom. The molecule has 0 amide bonds. The summed E-state index contributed by atoms with van der Waals surface area (Å²) in [6, 6.07) is 0.495. The van der Waals surface area contributed by atoms with Gasteiger partial charge in [0, 0.05) is 31.0 Å². The molecule has 0 saturated carbocycles. The predicted octanol–water partition coefficient (Wildman–Crippen LogP) is 2.03. The minimum Gasteiger partial charge on any atom is -0.380 e. The van der Waals surface area contributed by atoms with Gasteiger partial charge in [0.15, 0.2) is 0 Å². The van der Waals surface area contributed by atoms with E-state index in [2.05, 4.69) is 45.0 Å². The van der Waals surface area contributed by atoms with Crippen LogP contribution in [0, 0.1) is 13.8 Å². The van der Waals surface area contributed by atoms with E-state index < -0.39 is 0 Å². The van der Waals surface area contributed by atoms with Gasteiger partial charge in [-0.2, -0.15) is 5.10 Å². The molecule has 1 aromatic rings. The van der Waals surface area contributed by atoms with Crippen LogP contribution in [0.1, 0.15) is 37.7 Å². The van der Waals surface area contributed by atoms with Crippen LogP contribution in [0.2, 0.25) is 0 Å². The van der Waals surface area contributed by atoms with E-state index in [1.165, 1.54) is 11.3 Å². The van der Waals surface area contributed by atoms with E-state index in [0.29, 0.717) is 6.04 Å². The van der Waals surface area contributed by atoms with Crippen LogP contribution in [0.5, 0.6) is 0 Å². The molecule has 1 atom stereocenters. The molecule has 4 heteroatoms. The van der Waals surface area contributed by atoms with Gasteiger partial charge in [0.2, 0.25) is 0 Å². The lowest BCUT2D eigenvalue weighted by Gasteiger charge is -2.12. The second kappa shape index (κ2) is 6.17. The first kappa shape index (κ1) is 14.2. The van der Waals surface area contributed by atoms with Crippen LogP contribution in [0.4, 0.5) is 0 Å². The Kier molecular flexibility index (Phi) is 5.15. The van der Waals surface area contributed by atoms with Crippen molar-refractivity contribution < 1.29 is 4.74 Å². The van der Waals surface area contributed by atoms with Gasteiger partial charge < -0.3 is 10.1 Å². The second-order valence-electron chi connectivity index (χ2n) is 4.91. The third-order valence-corrected chi connectivity index (χ3v) is 3.05. The highest BCUT2D eigenvalue weighted by Crippen LogP contribution is 2.13. The molecule has 98 valence electrons. The van der Waals surface area contributed by atoms with E-state index in [1.807, 2.05) is 4.68 Å². The number of rotatable bonds is 6. The molecule has 0 aliphatic rings. The number of hydrogen-bond acceptors (Lipinski definition) is 3. The van der Waals surface area contributed by atoms with Crippen molar-refractivity contribution in [1.82, 2.24) is 15.1 Å². The van der Waals surface area contributed by atoms with Crippen molar-refractivity contribution in [3.63, 3.8) is 0 Å². The molecule has 17 heavy (non-hydrogen) atoms. The molecule has 0 spiro atoms. The highest BCUT2D eigenvalue weighted by molar-refractivity contribution is 5.24. The molecule has 0 radical (unpaired) electrons. The van der Waals surface area contributed by atoms with Crippen LogP contribution in [0.3, 0.4) is 0 Å². The Hall–Kier alpha value is -0.870. The van der Waals surface area contributed by atoms with Crippen molar-refractivity contribution >= 4 is 0 Å². The largest absolute Gasteiger partial charge is 0.380 e. The van der Waals surface area contributed by atoms with Crippen molar-refractivity contribution in [1.29, 1.82) is 0 Å². The van der Waals surface area contributed by atoms with Gasteiger partial charge in [0.05, 0.1) is 18.3 Å². The fourth-order valence-corrected chi connectivity index (χ4v) is 1.79. The minimum atomic E-state index is 0.193.